The smallest absolute Gasteiger partial charge is 0.328 e. The Bertz CT molecular complexity index is 1050. The minimum absolute atomic E-state index is 0.0182. The number of rotatable bonds is 8. The summed E-state index contributed by atoms with van der Waals surface area (Å²) in [5.74, 6) is -1.09. The van der Waals surface area contributed by atoms with Gasteiger partial charge >= 0.3 is 5.97 Å². The molecule has 0 saturated heterocycles. The molecule has 0 aliphatic carbocycles. The third-order valence-electron chi connectivity index (χ3n) is 4.20. The van der Waals surface area contributed by atoms with Crippen molar-refractivity contribution in [2.45, 2.75) is 19.1 Å². The molecule has 29 heavy (non-hydrogen) atoms. The zero-order valence-electron chi connectivity index (χ0n) is 15.0. The van der Waals surface area contributed by atoms with E-state index >= 15 is 0 Å². The van der Waals surface area contributed by atoms with Gasteiger partial charge in [-0.1, -0.05) is 29.3 Å². The molecule has 2 aromatic carbocycles. The fraction of sp³-hybridized carbons (Fsp3) is 0.200. The van der Waals surface area contributed by atoms with Crippen LogP contribution in [0, 0.1) is 0 Å². The van der Waals surface area contributed by atoms with Gasteiger partial charge in [-0.2, -0.15) is 0 Å². The van der Waals surface area contributed by atoms with Gasteiger partial charge in [0.2, 0.25) is 5.91 Å². The van der Waals surface area contributed by atoms with Gasteiger partial charge < -0.3 is 20.3 Å². The van der Waals surface area contributed by atoms with Crippen LogP contribution in [-0.2, 0) is 22.6 Å². The summed E-state index contributed by atoms with van der Waals surface area (Å²) < 4.78 is 6.75. The molecular formula is C20H17Cl2NO5S. The minimum Gasteiger partial charge on any atom is -0.489 e. The summed E-state index contributed by atoms with van der Waals surface area (Å²) in [7, 11) is 0. The Kier molecular flexibility index (Phi) is 6.97. The van der Waals surface area contributed by atoms with Crippen molar-refractivity contribution in [3.05, 3.63) is 63.0 Å². The van der Waals surface area contributed by atoms with Gasteiger partial charge in [-0.05, 0) is 46.7 Å². The molecule has 1 atom stereocenters. The lowest BCUT2D eigenvalue weighted by atomic mass is 10.1. The number of aliphatic hydroxyl groups is 1. The van der Waals surface area contributed by atoms with Gasteiger partial charge in [-0.15, -0.1) is 11.3 Å². The number of nitrogens with one attached hydrogen (secondary N) is 1. The number of amides is 1. The molecule has 3 rings (SSSR count). The van der Waals surface area contributed by atoms with Crippen LogP contribution < -0.4 is 10.1 Å². The second-order valence-corrected chi connectivity index (χ2v) is 8.02. The van der Waals surface area contributed by atoms with Gasteiger partial charge in [0.15, 0.2) is 0 Å². The molecule has 0 bridgehead atoms. The van der Waals surface area contributed by atoms with E-state index in [2.05, 4.69) is 5.32 Å². The number of benzene rings is 2. The molecular weight excluding hydrogens is 437 g/mol. The number of hydrogen-bond donors (Lipinski definition) is 3. The fourth-order valence-electron chi connectivity index (χ4n) is 2.69. The third-order valence-corrected chi connectivity index (χ3v) is 5.78. The predicted molar refractivity (Wildman–Crippen MR) is 113 cm³/mol. The zero-order chi connectivity index (χ0) is 21.0. The van der Waals surface area contributed by atoms with E-state index in [0.717, 1.165) is 21.2 Å². The van der Waals surface area contributed by atoms with Crippen LogP contribution >= 0.6 is 34.5 Å². The molecule has 6 nitrogen and oxygen atoms in total. The number of carboxylic acids is 1. The van der Waals surface area contributed by atoms with E-state index in [1.807, 2.05) is 23.6 Å². The first-order valence-electron chi connectivity index (χ1n) is 8.57. The van der Waals surface area contributed by atoms with Crippen LogP contribution in [0.25, 0.3) is 10.1 Å². The van der Waals surface area contributed by atoms with Crippen molar-refractivity contribution in [3.63, 3.8) is 0 Å². The molecule has 1 heterocycles. The number of fused-ring (bicyclic) bond motifs is 1. The lowest BCUT2D eigenvalue weighted by Gasteiger charge is -2.11. The number of carbonyl (C=O) groups excluding carboxylic acids is 1. The SMILES string of the molecule is O=C(Cc1csc2cc(OCc3ccc(Cl)cc3Cl)ccc12)NC(CO)C(=O)O. The number of carboxylic acid groups (broad SMARTS) is 1. The first-order valence-corrected chi connectivity index (χ1v) is 10.2. The number of carbonyl (C=O) groups is 2. The van der Waals surface area contributed by atoms with Crippen LogP contribution in [0.2, 0.25) is 10.0 Å². The second kappa shape index (κ2) is 9.45. The molecule has 1 amide bonds. The Morgan fingerprint density at radius 3 is 2.62 bits per heavy atom. The molecule has 3 aromatic rings. The lowest BCUT2D eigenvalue weighted by Crippen LogP contribution is -2.43. The van der Waals surface area contributed by atoms with E-state index in [-0.39, 0.29) is 6.42 Å². The number of ether oxygens (including phenoxy) is 1. The van der Waals surface area contributed by atoms with Crippen molar-refractivity contribution in [2.75, 3.05) is 6.61 Å². The Hall–Kier alpha value is -2.32. The maximum absolute atomic E-state index is 12.1. The summed E-state index contributed by atoms with van der Waals surface area (Å²) in [5.41, 5.74) is 1.59. The Balaban J connectivity index is 1.67. The second-order valence-electron chi connectivity index (χ2n) is 6.26. The highest BCUT2D eigenvalue weighted by atomic mass is 35.5. The molecule has 0 aliphatic rings. The number of aliphatic hydroxyl groups excluding tert-OH is 1. The van der Waals surface area contributed by atoms with Crippen molar-refractivity contribution >= 4 is 56.5 Å². The van der Waals surface area contributed by atoms with Gasteiger partial charge in [0.05, 0.1) is 13.0 Å². The summed E-state index contributed by atoms with van der Waals surface area (Å²) in [6.07, 6.45) is 0.0182. The highest BCUT2D eigenvalue weighted by molar-refractivity contribution is 7.17. The number of aliphatic carboxylic acids is 1. The Labute approximate surface area is 180 Å². The Morgan fingerprint density at radius 1 is 1.14 bits per heavy atom. The molecule has 152 valence electrons. The lowest BCUT2D eigenvalue weighted by molar-refractivity contribution is -0.142. The molecule has 0 radical (unpaired) electrons. The van der Waals surface area contributed by atoms with E-state index in [9.17, 15) is 9.59 Å². The van der Waals surface area contributed by atoms with E-state index in [0.29, 0.717) is 22.4 Å². The topological polar surface area (TPSA) is 95.9 Å². The highest BCUT2D eigenvalue weighted by Crippen LogP contribution is 2.31. The maximum atomic E-state index is 12.1. The van der Waals surface area contributed by atoms with Crippen LogP contribution in [0.15, 0.2) is 41.8 Å². The van der Waals surface area contributed by atoms with Crippen molar-refractivity contribution in [1.29, 1.82) is 0 Å². The normalized spacial score (nSPS) is 12.0. The number of thiophene rings is 1. The van der Waals surface area contributed by atoms with Crippen molar-refractivity contribution in [2.24, 2.45) is 0 Å². The van der Waals surface area contributed by atoms with Crippen molar-refractivity contribution < 1.29 is 24.5 Å². The summed E-state index contributed by atoms with van der Waals surface area (Å²) in [5, 5.41) is 24.1. The zero-order valence-corrected chi connectivity index (χ0v) is 17.4. The molecule has 0 aliphatic heterocycles. The summed E-state index contributed by atoms with van der Waals surface area (Å²) >= 11 is 13.5. The predicted octanol–water partition coefficient (Wildman–Crippen LogP) is 3.89. The summed E-state index contributed by atoms with van der Waals surface area (Å²) in [6.45, 7) is -0.371. The average molecular weight is 454 g/mol. The van der Waals surface area contributed by atoms with Gasteiger partial charge in [0, 0.05) is 20.3 Å². The van der Waals surface area contributed by atoms with Crippen molar-refractivity contribution in [3.8, 4) is 5.75 Å². The summed E-state index contributed by atoms with van der Waals surface area (Å²) in [4.78, 5) is 23.0. The van der Waals surface area contributed by atoms with Crippen LogP contribution in [-0.4, -0.2) is 34.7 Å². The van der Waals surface area contributed by atoms with Gasteiger partial charge in [0.1, 0.15) is 18.4 Å². The van der Waals surface area contributed by atoms with Crippen LogP contribution in [0.3, 0.4) is 0 Å². The van der Waals surface area contributed by atoms with Gasteiger partial charge in [-0.25, -0.2) is 4.79 Å². The standard InChI is InChI=1S/C20H17Cl2NO5S/c21-13-2-1-11(16(22)6-13)9-28-14-3-4-15-12(10-29-18(15)7-14)5-19(25)23-17(8-24)20(26)27/h1-4,6-7,10,17,24H,5,8-9H2,(H,23,25)(H,26,27). The average Bonchev–Trinajstić information content (AvgIpc) is 3.07. The highest BCUT2D eigenvalue weighted by Gasteiger charge is 2.19. The molecule has 0 fully saturated rings. The van der Waals surface area contributed by atoms with E-state index in [1.165, 1.54) is 11.3 Å². The van der Waals surface area contributed by atoms with E-state index in [1.54, 1.807) is 18.2 Å². The molecule has 1 unspecified atom stereocenters. The molecule has 0 spiro atoms. The van der Waals surface area contributed by atoms with Crippen LogP contribution in [0.1, 0.15) is 11.1 Å². The molecule has 0 saturated carbocycles. The maximum Gasteiger partial charge on any atom is 0.328 e. The third kappa shape index (κ3) is 5.39. The van der Waals surface area contributed by atoms with E-state index in [4.69, 9.17) is 38.2 Å². The van der Waals surface area contributed by atoms with Crippen LogP contribution in [0.4, 0.5) is 0 Å². The van der Waals surface area contributed by atoms with E-state index < -0.39 is 24.5 Å². The van der Waals surface area contributed by atoms with Crippen LogP contribution in [0.5, 0.6) is 5.75 Å². The minimum atomic E-state index is -1.31. The Morgan fingerprint density at radius 2 is 1.93 bits per heavy atom. The molecule has 9 heteroatoms. The largest absolute Gasteiger partial charge is 0.489 e. The first kappa shape index (κ1) is 21.4. The summed E-state index contributed by atoms with van der Waals surface area (Å²) in [6, 6.07) is 9.43. The first-order chi connectivity index (χ1) is 13.9. The molecule has 3 N–H and O–H groups in total. The van der Waals surface area contributed by atoms with Gasteiger partial charge in [-0.3, -0.25) is 4.79 Å². The number of halogens is 2. The van der Waals surface area contributed by atoms with Gasteiger partial charge in [0.25, 0.3) is 0 Å². The quantitative estimate of drug-likeness (QED) is 0.480. The fourth-order valence-corrected chi connectivity index (χ4v) is 4.15. The monoisotopic (exact) mass is 453 g/mol. The molecule has 1 aromatic heterocycles. The van der Waals surface area contributed by atoms with Crippen molar-refractivity contribution in [1.82, 2.24) is 5.32 Å². The number of hydrogen-bond acceptors (Lipinski definition) is 5.